The Bertz CT molecular complexity index is 206. The van der Waals surface area contributed by atoms with Gasteiger partial charge in [-0.15, -0.1) is 0 Å². The molecule has 0 N–H and O–H groups in total. The average Bonchev–Trinajstić information content (AvgIpc) is 2.42. The van der Waals surface area contributed by atoms with Crippen molar-refractivity contribution in [3.63, 3.8) is 0 Å². The molecule has 0 amide bonds. The quantitative estimate of drug-likeness (QED) is 0.571. The van der Waals surface area contributed by atoms with Crippen LogP contribution < -0.4 is 0 Å². The van der Waals surface area contributed by atoms with Crippen LogP contribution in [0.3, 0.4) is 0 Å². The smallest absolute Gasteiger partial charge is 0.108 e. The first kappa shape index (κ1) is 5.96. The van der Waals surface area contributed by atoms with Crippen LogP contribution in [0.5, 0.6) is 0 Å². The Morgan fingerprint density at radius 3 is 3.40 bits per heavy atom. The van der Waals surface area contributed by atoms with Gasteiger partial charge in [0.1, 0.15) is 5.82 Å². The maximum atomic E-state index is 4.26. The molecule has 54 valence electrons. The second kappa shape index (κ2) is 2.11. The number of imidazole rings is 1. The molecular formula is C8H12N2. The second-order valence-electron chi connectivity index (χ2n) is 2.97. The van der Waals surface area contributed by atoms with Crippen LogP contribution in [0.15, 0.2) is 12.4 Å². The lowest BCUT2D eigenvalue weighted by atomic mass is 10.1. The molecule has 0 saturated carbocycles. The first-order valence-electron chi connectivity index (χ1n) is 3.90. The molecule has 0 radical (unpaired) electrons. The van der Waals surface area contributed by atoms with Crippen LogP contribution in [0, 0.1) is 5.92 Å². The average molecular weight is 136 g/mol. The Labute approximate surface area is 60.9 Å². The van der Waals surface area contributed by atoms with Gasteiger partial charge in [0.15, 0.2) is 0 Å². The Hall–Kier alpha value is -0.790. The van der Waals surface area contributed by atoms with Crippen molar-refractivity contribution in [2.45, 2.75) is 26.3 Å². The summed E-state index contributed by atoms with van der Waals surface area (Å²) >= 11 is 0. The fourth-order valence-corrected chi connectivity index (χ4v) is 1.57. The molecule has 0 saturated heterocycles. The maximum Gasteiger partial charge on any atom is 0.108 e. The van der Waals surface area contributed by atoms with E-state index in [0.717, 1.165) is 5.92 Å². The Morgan fingerprint density at radius 1 is 1.80 bits per heavy atom. The highest BCUT2D eigenvalue weighted by molar-refractivity contribution is 4.99. The van der Waals surface area contributed by atoms with Gasteiger partial charge in [0.2, 0.25) is 0 Å². The predicted octanol–water partition coefficient (Wildman–Crippen LogP) is 1.47. The fraction of sp³-hybridized carbons (Fsp3) is 0.625. The molecule has 2 heteroatoms. The van der Waals surface area contributed by atoms with Gasteiger partial charge in [-0.25, -0.2) is 4.98 Å². The monoisotopic (exact) mass is 136 g/mol. The molecule has 0 fully saturated rings. The number of hydrogen-bond acceptors (Lipinski definition) is 1. The van der Waals surface area contributed by atoms with Gasteiger partial charge in [0.05, 0.1) is 0 Å². The molecule has 1 aliphatic heterocycles. The van der Waals surface area contributed by atoms with Gasteiger partial charge in [0.25, 0.3) is 0 Å². The van der Waals surface area contributed by atoms with Crippen LogP contribution >= 0.6 is 0 Å². The van der Waals surface area contributed by atoms with Crippen molar-refractivity contribution in [1.29, 1.82) is 0 Å². The van der Waals surface area contributed by atoms with Crippen LogP contribution in [0.1, 0.15) is 19.2 Å². The summed E-state index contributed by atoms with van der Waals surface area (Å²) in [5.41, 5.74) is 0. The van der Waals surface area contributed by atoms with Crippen LogP contribution in [0.25, 0.3) is 0 Å². The van der Waals surface area contributed by atoms with Crippen molar-refractivity contribution in [2.75, 3.05) is 0 Å². The maximum absolute atomic E-state index is 4.26. The molecule has 2 nitrogen and oxygen atoms in total. The third kappa shape index (κ3) is 0.753. The highest BCUT2D eigenvalue weighted by Crippen LogP contribution is 2.20. The van der Waals surface area contributed by atoms with Crippen LogP contribution in [-0.2, 0) is 13.0 Å². The molecule has 2 rings (SSSR count). The van der Waals surface area contributed by atoms with Gasteiger partial charge in [-0.2, -0.15) is 0 Å². The zero-order valence-electron chi connectivity index (χ0n) is 6.25. The van der Waals surface area contributed by atoms with E-state index in [1.807, 2.05) is 6.20 Å². The standard InChI is InChI=1S/C8H12N2/c1-2-7-5-8-9-3-4-10(8)6-7/h3-4,7H,2,5-6H2,1H3/t7-/m1/s1. The minimum absolute atomic E-state index is 0.851. The molecule has 0 aliphatic carbocycles. The third-order valence-electron chi connectivity index (χ3n) is 2.31. The Kier molecular flexibility index (Phi) is 1.26. The molecule has 1 aliphatic rings. The summed E-state index contributed by atoms with van der Waals surface area (Å²) in [6, 6.07) is 0. The first-order chi connectivity index (χ1) is 4.90. The third-order valence-corrected chi connectivity index (χ3v) is 2.31. The summed E-state index contributed by atoms with van der Waals surface area (Å²) in [5.74, 6) is 2.12. The van der Waals surface area contributed by atoms with Gasteiger partial charge < -0.3 is 4.57 Å². The summed E-state index contributed by atoms with van der Waals surface area (Å²) in [7, 11) is 0. The molecule has 0 bridgehead atoms. The summed E-state index contributed by atoms with van der Waals surface area (Å²) < 4.78 is 2.26. The number of fused-ring (bicyclic) bond motifs is 1. The van der Waals surface area contributed by atoms with Crippen molar-refractivity contribution >= 4 is 0 Å². The van der Waals surface area contributed by atoms with Gasteiger partial charge in [-0.1, -0.05) is 13.3 Å². The molecule has 0 unspecified atom stereocenters. The lowest BCUT2D eigenvalue weighted by Crippen LogP contribution is -1.99. The van der Waals surface area contributed by atoms with E-state index in [-0.39, 0.29) is 0 Å². The Balaban J connectivity index is 2.21. The van der Waals surface area contributed by atoms with Crippen molar-refractivity contribution in [1.82, 2.24) is 9.55 Å². The van der Waals surface area contributed by atoms with Gasteiger partial charge in [-0.3, -0.25) is 0 Å². The second-order valence-corrected chi connectivity index (χ2v) is 2.97. The van der Waals surface area contributed by atoms with Gasteiger partial charge in [-0.05, 0) is 5.92 Å². The summed E-state index contributed by atoms with van der Waals surface area (Å²) in [6.45, 7) is 3.43. The minimum atomic E-state index is 0.851. The minimum Gasteiger partial charge on any atom is -0.335 e. The predicted molar refractivity (Wildman–Crippen MR) is 39.7 cm³/mol. The van der Waals surface area contributed by atoms with Gasteiger partial charge >= 0.3 is 0 Å². The molecule has 1 aromatic rings. The zero-order valence-corrected chi connectivity index (χ0v) is 6.25. The largest absolute Gasteiger partial charge is 0.335 e. The van der Waals surface area contributed by atoms with E-state index >= 15 is 0 Å². The summed E-state index contributed by atoms with van der Waals surface area (Å²) in [6.07, 6.45) is 6.43. The molecule has 0 spiro atoms. The van der Waals surface area contributed by atoms with E-state index in [1.165, 1.54) is 25.2 Å². The molecular weight excluding hydrogens is 124 g/mol. The first-order valence-corrected chi connectivity index (χ1v) is 3.90. The number of aromatic nitrogens is 2. The van der Waals surface area contributed by atoms with Crippen molar-refractivity contribution < 1.29 is 0 Å². The molecule has 0 aromatic carbocycles. The van der Waals surface area contributed by atoms with Crippen molar-refractivity contribution in [2.24, 2.45) is 5.92 Å². The Morgan fingerprint density at radius 2 is 2.70 bits per heavy atom. The SMILES string of the molecule is CC[C@@H]1Cc2nccn2C1. The van der Waals surface area contributed by atoms with Crippen molar-refractivity contribution in [3.05, 3.63) is 18.2 Å². The lowest BCUT2D eigenvalue weighted by Gasteiger charge is -2.01. The zero-order chi connectivity index (χ0) is 6.97. The highest BCUT2D eigenvalue weighted by atomic mass is 15.1. The number of nitrogens with zero attached hydrogens (tertiary/aromatic N) is 2. The van der Waals surface area contributed by atoms with Crippen LogP contribution in [0.2, 0.25) is 0 Å². The topological polar surface area (TPSA) is 17.8 Å². The van der Waals surface area contributed by atoms with Crippen molar-refractivity contribution in [3.8, 4) is 0 Å². The molecule has 1 atom stereocenters. The van der Waals surface area contributed by atoms with Crippen LogP contribution in [-0.4, -0.2) is 9.55 Å². The molecule has 1 aromatic heterocycles. The van der Waals surface area contributed by atoms with E-state index in [0.29, 0.717) is 0 Å². The number of rotatable bonds is 1. The van der Waals surface area contributed by atoms with E-state index in [9.17, 15) is 0 Å². The van der Waals surface area contributed by atoms with Crippen LogP contribution in [0.4, 0.5) is 0 Å². The lowest BCUT2D eigenvalue weighted by molar-refractivity contribution is 0.496. The molecule has 10 heavy (non-hydrogen) atoms. The highest BCUT2D eigenvalue weighted by Gasteiger charge is 2.19. The van der Waals surface area contributed by atoms with E-state index in [4.69, 9.17) is 0 Å². The van der Waals surface area contributed by atoms with E-state index in [2.05, 4.69) is 22.7 Å². The summed E-state index contributed by atoms with van der Waals surface area (Å²) in [5, 5.41) is 0. The van der Waals surface area contributed by atoms with E-state index < -0.39 is 0 Å². The fourth-order valence-electron chi connectivity index (χ4n) is 1.57. The number of hydrogen-bond donors (Lipinski definition) is 0. The molecule has 2 heterocycles. The normalized spacial score (nSPS) is 23.1. The van der Waals surface area contributed by atoms with Gasteiger partial charge in [0, 0.05) is 25.4 Å². The van der Waals surface area contributed by atoms with E-state index in [1.54, 1.807) is 0 Å². The summed E-state index contributed by atoms with van der Waals surface area (Å²) in [4.78, 5) is 4.26.